The van der Waals surface area contributed by atoms with E-state index < -0.39 is 48.7 Å². The second kappa shape index (κ2) is 8.49. The second-order valence-electron chi connectivity index (χ2n) is 5.76. The van der Waals surface area contributed by atoms with Crippen LogP contribution in [0.3, 0.4) is 0 Å². The number of nitrogens with two attached hydrogens (primary N) is 1. The molecule has 1 aliphatic heterocycles. The summed E-state index contributed by atoms with van der Waals surface area (Å²) in [6.07, 6.45) is -2.62. The van der Waals surface area contributed by atoms with Crippen molar-refractivity contribution < 1.29 is 33.9 Å². The maximum absolute atomic E-state index is 14.5. The summed E-state index contributed by atoms with van der Waals surface area (Å²) in [5, 5.41) is 28.3. The Labute approximate surface area is 130 Å². The SMILES string of the molecule is CO[C@H](CCO)[C@@H](CO)C1OC(C)(OC)C(F)C(CO)C1N. The third kappa shape index (κ3) is 3.76. The van der Waals surface area contributed by atoms with Crippen LogP contribution in [0.4, 0.5) is 4.39 Å². The highest BCUT2D eigenvalue weighted by Crippen LogP contribution is 2.39. The summed E-state index contributed by atoms with van der Waals surface area (Å²) in [5.74, 6) is -3.04. The van der Waals surface area contributed by atoms with Crippen molar-refractivity contribution in [3.8, 4) is 0 Å². The minimum absolute atomic E-state index is 0.131. The Morgan fingerprint density at radius 2 is 1.95 bits per heavy atom. The molecular formula is C14H28FNO6. The van der Waals surface area contributed by atoms with Crippen LogP contribution in [0.15, 0.2) is 0 Å². The summed E-state index contributed by atoms with van der Waals surface area (Å²) in [7, 11) is 2.76. The van der Waals surface area contributed by atoms with Crippen LogP contribution in [0.5, 0.6) is 0 Å². The molecule has 0 amide bonds. The Kier molecular flexibility index (Phi) is 7.60. The van der Waals surface area contributed by atoms with Gasteiger partial charge in [0.05, 0.1) is 25.4 Å². The summed E-state index contributed by atoms with van der Waals surface area (Å²) >= 11 is 0. The van der Waals surface area contributed by atoms with Gasteiger partial charge in [0.2, 0.25) is 0 Å². The van der Waals surface area contributed by atoms with Gasteiger partial charge in [-0.1, -0.05) is 0 Å². The zero-order valence-corrected chi connectivity index (χ0v) is 13.3. The summed E-state index contributed by atoms with van der Waals surface area (Å²) in [5.41, 5.74) is 6.06. The van der Waals surface area contributed by atoms with Crippen LogP contribution in [0.2, 0.25) is 0 Å². The monoisotopic (exact) mass is 325 g/mol. The lowest BCUT2D eigenvalue weighted by Crippen LogP contribution is -2.66. The van der Waals surface area contributed by atoms with Crippen molar-refractivity contribution in [3.05, 3.63) is 0 Å². The first-order chi connectivity index (χ1) is 10.4. The topological polar surface area (TPSA) is 114 Å². The van der Waals surface area contributed by atoms with Crippen molar-refractivity contribution in [2.45, 2.75) is 43.6 Å². The van der Waals surface area contributed by atoms with Crippen LogP contribution < -0.4 is 5.73 Å². The van der Waals surface area contributed by atoms with E-state index in [9.17, 15) is 14.6 Å². The Morgan fingerprint density at radius 3 is 2.36 bits per heavy atom. The number of ether oxygens (including phenoxy) is 3. The molecule has 0 aromatic rings. The van der Waals surface area contributed by atoms with Crippen molar-refractivity contribution in [1.82, 2.24) is 0 Å². The molecule has 7 nitrogen and oxygen atoms in total. The third-order valence-electron chi connectivity index (χ3n) is 4.56. The van der Waals surface area contributed by atoms with Crippen molar-refractivity contribution >= 4 is 0 Å². The zero-order valence-electron chi connectivity index (χ0n) is 13.3. The van der Waals surface area contributed by atoms with E-state index in [0.29, 0.717) is 0 Å². The summed E-state index contributed by atoms with van der Waals surface area (Å²) < 4.78 is 30.6. The molecule has 0 radical (unpaired) electrons. The zero-order chi connectivity index (χ0) is 16.9. The molecule has 22 heavy (non-hydrogen) atoms. The maximum Gasteiger partial charge on any atom is 0.197 e. The Balaban J connectivity index is 3.07. The van der Waals surface area contributed by atoms with Crippen LogP contribution in [0.25, 0.3) is 0 Å². The van der Waals surface area contributed by atoms with Crippen molar-refractivity contribution in [3.63, 3.8) is 0 Å². The summed E-state index contributed by atoms with van der Waals surface area (Å²) in [6, 6.07) is -0.836. The van der Waals surface area contributed by atoms with Gasteiger partial charge in [0.15, 0.2) is 12.0 Å². The number of hydrogen-bond donors (Lipinski definition) is 4. The Morgan fingerprint density at radius 1 is 1.32 bits per heavy atom. The molecule has 0 spiro atoms. The quantitative estimate of drug-likeness (QED) is 0.454. The van der Waals surface area contributed by atoms with E-state index >= 15 is 0 Å². The first kappa shape index (κ1) is 19.7. The van der Waals surface area contributed by atoms with E-state index in [-0.39, 0.29) is 19.6 Å². The van der Waals surface area contributed by atoms with Crippen LogP contribution in [-0.2, 0) is 14.2 Å². The number of halogens is 1. The lowest BCUT2D eigenvalue weighted by molar-refractivity contribution is -0.320. The fourth-order valence-corrected chi connectivity index (χ4v) is 3.06. The van der Waals surface area contributed by atoms with Gasteiger partial charge in [-0.25, -0.2) is 4.39 Å². The minimum atomic E-state index is -1.60. The third-order valence-corrected chi connectivity index (χ3v) is 4.56. The Hall–Kier alpha value is -0.350. The van der Waals surface area contributed by atoms with E-state index in [1.807, 2.05) is 0 Å². The van der Waals surface area contributed by atoms with Gasteiger partial charge in [0.1, 0.15) is 0 Å². The van der Waals surface area contributed by atoms with Crippen molar-refractivity contribution in [2.75, 3.05) is 34.0 Å². The highest BCUT2D eigenvalue weighted by molar-refractivity contribution is 5.00. The maximum atomic E-state index is 14.5. The van der Waals surface area contributed by atoms with Gasteiger partial charge in [-0.2, -0.15) is 0 Å². The second-order valence-corrected chi connectivity index (χ2v) is 5.76. The average molecular weight is 325 g/mol. The Bertz CT molecular complexity index is 336. The largest absolute Gasteiger partial charge is 0.396 e. The molecule has 0 bridgehead atoms. The molecule has 0 aromatic carbocycles. The lowest BCUT2D eigenvalue weighted by atomic mass is 9.78. The molecule has 0 aromatic heterocycles. The van der Waals surface area contributed by atoms with E-state index in [2.05, 4.69) is 0 Å². The number of methoxy groups -OCH3 is 2. The molecule has 132 valence electrons. The predicted molar refractivity (Wildman–Crippen MR) is 76.8 cm³/mol. The predicted octanol–water partition coefficient (Wildman–Crippen LogP) is -0.972. The molecule has 1 fully saturated rings. The van der Waals surface area contributed by atoms with Gasteiger partial charge < -0.3 is 35.3 Å². The van der Waals surface area contributed by atoms with Crippen LogP contribution in [-0.4, -0.2) is 79.6 Å². The van der Waals surface area contributed by atoms with Crippen LogP contribution >= 0.6 is 0 Å². The molecular weight excluding hydrogens is 297 g/mol. The van der Waals surface area contributed by atoms with E-state index in [1.54, 1.807) is 0 Å². The number of aliphatic hydroxyl groups is 3. The van der Waals surface area contributed by atoms with E-state index in [1.165, 1.54) is 21.1 Å². The molecule has 1 saturated heterocycles. The van der Waals surface area contributed by atoms with Gasteiger partial charge in [-0.15, -0.1) is 0 Å². The van der Waals surface area contributed by atoms with Gasteiger partial charge in [-0.05, 0) is 13.3 Å². The molecule has 0 saturated carbocycles. The van der Waals surface area contributed by atoms with Crippen LogP contribution in [0, 0.1) is 11.8 Å². The van der Waals surface area contributed by atoms with Crippen LogP contribution in [0.1, 0.15) is 13.3 Å². The molecule has 1 rings (SSSR count). The number of alkyl halides is 1. The number of rotatable bonds is 8. The molecule has 7 atom stereocenters. The summed E-state index contributed by atoms with van der Waals surface area (Å²) in [6.45, 7) is 0.526. The molecule has 0 aliphatic carbocycles. The van der Waals surface area contributed by atoms with E-state index in [4.69, 9.17) is 25.1 Å². The molecule has 5 N–H and O–H groups in total. The smallest absolute Gasteiger partial charge is 0.197 e. The number of aliphatic hydroxyl groups excluding tert-OH is 3. The fourth-order valence-electron chi connectivity index (χ4n) is 3.06. The van der Waals surface area contributed by atoms with Gasteiger partial charge in [-0.3, -0.25) is 0 Å². The highest BCUT2D eigenvalue weighted by Gasteiger charge is 2.54. The molecule has 8 heteroatoms. The normalized spacial score (nSPS) is 38.7. The van der Waals surface area contributed by atoms with Gasteiger partial charge in [0, 0.05) is 38.7 Å². The standard InChI is InChI=1S/C14H28FNO6/c1-14(21-3)13(15)9(7-19)11(16)12(22-14)8(6-18)10(20-2)4-5-17/h8-13,17-19H,4-7,16H2,1-3H3/t8-,9?,10-,11?,12?,13?,14?/m1/s1. The highest BCUT2D eigenvalue weighted by atomic mass is 19.1. The van der Waals surface area contributed by atoms with Crippen molar-refractivity contribution in [2.24, 2.45) is 17.6 Å². The summed E-state index contributed by atoms with van der Waals surface area (Å²) in [4.78, 5) is 0. The average Bonchev–Trinajstić information content (AvgIpc) is 2.52. The number of hydrogen-bond acceptors (Lipinski definition) is 7. The fraction of sp³-hybridized carbons (Fsp3) is 1.00. The molecule has 1 aliphatic rings. The first-order valence-electron chi connectivity index (χ1n) is 7.38. The molecule has 5 unspecified atom stereocenters. The van der Waals surface area contributed by atoms with Crippen molar-refractivity contribution in [1.29, 1.82) is 0 Å². The van der Waals surface area contributed by atoms with Gasteiger partial charge in [0.25, 0.3) is 0 Å². The van der Waals surface area contributed by atoms with E-state index in [0.717, 1.165) is 0 Å². The first-order valence-corrected chi connectivity index (χ1v) is 7.38. The van der Waals surface area contributed by atoms with Gasteiger partial charge >= 0.3 is 0 Å². The lowest BCUT2D eigenvalue weighted by Gasteiger charge is -2.49. The minimum Gasteiger partial charge on any atom is -0.396 e. The molecule has 1 heterocycles.